The highest BCUT2D eigenvalue weighted by atomic mass is 32.2. The number of hydrogen-bond donors (Lipinski definition) is 4. The van der Waals surface area contributed by atoms with Gasteiger partial charge in [0.15, 0.2) is 20.1 Å². The number of rotatable bonds is 12. The van der Waals surface area contributed by atoms with Crippen LogP contribution in [0, 0.1) is 25.7 Å². The standard InChI is InChI=1S/C17H21N3O5S2.C17H21N3O3S2/c1-10(2)9-25-13-7-11(3)5-6-12(13)19-15(21)16(22)20-17-18-8-14(26-17)27(4,23)24;1-10(2)9-23-13-7-11(3)5-6-12(13)19-15(21)16(22)20-17-18-8-14(24-4)25-17/h5-8,10H,9H2,1-4H3,(H,19,21)(H,18,20,22);5-8,10H,9H2,1-4H3,(H,19,21)(H,18,20,22). The monoisotopic (exact) mass is 790 g/mol. The summed E-state index contributed by atoms with van der Waals surface area (Å²) < 4.78 is 35.3. The van der Waals surface area contributed by atoms with Crippen LogP contribution in [0.3, 0.4) is 0 Å². The van der Waals surface area contributed by atoms with Gasteiger partial charge in [0.05, 0.1) is 41.2 Å². The maximum Gasteiger partial charge on any atom is 0.315 e. The number of nitrogens with one attached hydrogen (secondary N) is 4. The van der Waals surface area contributed by atoms with Gasteiger partial charge in [-0.3, -0.25) is 29.8 Å². The molecule has 0 saturated carbocycles. The molecule has 0 spiro atoms. The molecule has 0 aliphatic heterocycles. The number of carbonyl (C=O) groups is 4. The summed E-state index contributed by atoms with van der Waals surface area (Å²) in [7, 11) is -3.42. The van der Waals surface area contributed by atoms with E-state index in [1.165, 1.54) is 23.1 Å². The second-order valence-corrected chi connectivity index (χ2v) is 17.6. The number of benzene rings is 2. The largest absolute Gasteiger partial charge is 0.491 e. The first-order valence-electron chi connectivity index (χ1n) is 15.8. The topological polar surface area (TPSA) is 195 Å². The molecule has 52 heavy (non-hydrogen) atoms. The van der Waals surface area contributed by atoms with Crippen LogP contribution in [0.25, 0.3) is 0 Å². The Kier molecular flexibility index (Phi) is 15.6. The Balaban J connectivity index is 0.000000281. The molecule has 4 aromatic rings. The van der Waals surface area contributed by atoms with Crippen LogP contribution in [0.2, 0.25) is 0 Å². The summed E-state index contributed by atoms with van der Waals surface area (Å²) in [6, 6.07) is 10.6. The molecule has 4 amide bonds. The smallest absolute Gasteiger partial charge is 0.315 e. The molecule has 0 radical (unpaired) electrons. The van der Waals surface area contributed by atoms with Gasteiger partial charge in [-0.05, 0) is 67.3 Å². The van der Waals surface area contributed by atoms with Gasteiger partial charge in [0.2, 0.25) is 0 Å². The van der Waals surface area contributed by atoms with Crippen LogP contribution < -0.4 is 30.7 Å². The molecule has 18 heteroatoms. The Morgan fingerprint density at radius 2 is 1.13 bits per heavy atom. The second kappa shape index (κ2) is 19.4. The van der Waals surface area contributed by atoms with Gasteiger partial charge in [-0.2, -0.15) is 0 Å². The van der Waals surface area contributed by atoms with Crippen molar-refractivity contribution >= 4 is 89.5 Å². The first kappa shape index (κ1) is 41.9. The van der Waals surface area contributed by atoms with Crippen molar-refractivity contribution in [3.63, 3.8) is 0 Å². The van der Waals surface area contributed by atoms with Crippen molar-refractivity contribution in [1.29, 1.82) is 0 Å². The number of aryl methyl sites for hydroxylation is 2. The maximum absolute atomic E-state index is 12.2. The lowest BCUT2D eigenvalue weighted by molar-refractivity contribution is -0.133. The minimum Gasteiger partial charge on any atom is -0.491 e. The minimum absolute atomic E-state index is 0.00103. The van der Waals surface area contributed by atoms with Crippen LogP contribution in [-0.2, 0) is 29.0 Å². The van der Waals surface area contributed by atoms with Crippen LogP contribution in [0.15, 0.2) is 57.2 Å². The Morgan fingerprint density at radius 1 is 0.712 bits per heavy atom. The van der Waals surface area contributed by atoms with Crippen molar-refractivity contribution in [2.45, 2.75) is 50.0 Å². The average molecular weight is 791 g/mol. The third kappa shape index (κ3) is 13.6. The molecule has 280 valence electrons. The lowest BCUT2D eigenvalue weighted by Gasteiger charge is -2.14. The maximum atomic E-state index is 12.2. The zero-order chi connectivity index (χ0) is 38.6. The highest BCUT2D eigenvalue weighted by Gasteiger charge is 2.20. The van der Waals surface area contributed by atoms with Crippen molar-refractivity contribution < 1.29 is 37.1 Å². The van der Waals surface area contributed by atoms with Gasteiger partial charge in [0.1, 0.15) is 15.7 Å². The summed E-state index contributed by atoms with van der Waals surface area (Å²) in [4.78, 5) is 56.3. The number of thioether (sulfide) groups is 1. The lowest BCUT2D eigenvalue weighted by atomic mass is 10.2. The van der Waals surface area contributed by atoms with E-state index in [2.05, 4.69) is 31.2 Å². The van der Waals surface area contributed by atoms with E-state index < -0.39 is 33.5 Å². The summed E-state index contributed by atoms with van der Waals surface area (Å²) in [5, 5.41) is 10.3. The molecule has 14 nitrogen and oxygen atoms in total. The van der Waals surface area contributed by atoms with E-state index in [1.807, 2.05) is 59.9 Å². The number of nitrogens with zero attached hydrogens (tertiary/aromatic N) is 2. The van der Waals surface area contributed by atoms with Crippen molar-refractivity contribution in [1.82, 2.24) is 9.97 Å². The van der Waals surface area contributed by atoms with Crippen molar-refractivity contribution in [3.8, 4) is 11.5 Å². The van der Waals surface area contributed by atoms with Crippen LogP contribution >= 0.6 is 34.4 Å². The first-order chi connectivity index (χ1) is 24.4. The van der Waals surface area contributed by atoms with Gasteiger partial charge in [-0.1, -0.05) is 62.5 Å². The number of carbonyl (C=O) groups excluding carboxylic acids is 4. The van der Waals surface area contributed by atoms with E-state index in [-0.39, 0.29) is 9.34 Å². The lowest BCUT2D eigenvalue weighted by Crippen LogP contribution is -2.29. The molecule has 0 aliphatic carbocycles. The molecule has 4 rings (SSSR count). The number of aromatic nitrogens is 2. The number of ether oxygens (including phenoxy) is 2. The van der Waals surface area contributed by atoms with Crippen LogP contribution in [0.1, 0.15) is 38.8 Å². The van der Waals surface area contributed by atoms with Crippen molar-refractivity contribution in [2.24, 2.45) is 11.8 Å². The summed E-state index contributed by atoms with van der Waals surface area (Å²) in [5.74, 6) is -1.73. The Morgan fingerprint density at radius 3 is 1.52 bits per heavy atom. The zero-order valence-corrected chi connectivity index (χ0v) is 33.2. The minimum atomic E-state index is -3.42. The van der Waals surface area contributed by atoms with Gasteiger partial charge in [-0.15, -0.1) is 11.8 Å². The number of sulfone groups is 1. The molecule has 2 aromatic carbocycles. The molecular weight excluding hydrogens is 749 g/mol. The summed E-state index contributed by atoms with van der Waals surface area (Å²) in [6.45, 7) is 12.9. The van der Waals surface area contributed by atoms with Crippen LogP contribution in [0.4, 0.5) is 21.6 Å². The van der Waals surface area contributed by atoms with Crippen molar-refractivity contribution in [3.05, 3.63) is 59.9 Å². The highest BCUT2D eigenvalue weighted by Crippen LogP contribution is 2.29. The average Bonchev–Trinajstić information content (AvgIpc) is 3.74. The third-order valence-electron chi connectivity index (χ3n) is 6.30. The molecule has 0 fully saturated rings. The van der Waals surface area contributed by atoms with Gasteiger partial charge < -0.3 is 20.1 Å². The fourth-order valence-corrected chi connectivity index (χ4v) is 6.69. The predicted octanol–water partition coefficient (Wildman–Crippen LogP) is 6.25. The van der Waals surface area contributed by atoms with Crippen molar-refractivity contribution in [2.75, 3.05) is 47.0 Å². The second-order valence-electron chi connectivity index (χ2n) is 12.2. The van der Waals surface area contributed by atoms with E-state index in [1.54, 1.807) is 30.5 Å². The number of thiazole rings is 2. The zero-order valence-electron chi connectivity index (χ0n) is 30.0. The molecule has 2 aromatic heterocycles. The van der Waals surface area contributed by atoms with Gasteiger partial charge >= 0.3 is 23.6 Å². The fraction of sp³-hybridized carbons (Fsp3) is 0.353. The quantitative estimate of drug-likeness (QED) is 0.0936. The van der Waals surface area contributed by atoms with E-state index in [0.717, 1.165) is 39.1 Å². The first-order valence-corrected chi connectivity index (χ1v) is 20.6. The fourth-order valence-electron chi connectivity index (χ4n) is 3.78. The van der Waals surface area contributed by atoms with E-state index in [9.17, 15) is 27.6 Å². The Hall–Kier alpha value is -4.52. The van der Waals surface area contributed by atoms with E-state index >= 15 is 0 Å². The number of hydrogen-bond acceptors (Lipinski definition) is 13. The Bertz CT molecular complexity index is 1990. The van der Waals surface area contributed by atoms with Gasteiger partial charge in [-0.25, -0.2) is 18.4 Å². The molecule has 0 atom stereocenters. The van der Waals surface area contributed by atoms with Gasteiger partial charge in [0, 0.05) is 6.26 Å². The summed E-state index contributed by atoms with van der Waals surface area (Å²) >= 11 is 3.62. The van der Waals surface area contributed by atoms with Crippen LogP contribution in [-0.4, -0.2) is 67.7 Å². The normalized spacial score (nSPS) is 11.0. The SMILES string of the molecule is CSc1cnc(NC(=O)C(=O)Nc2ccc(C)cc2OCC(C)C)s1.Cc1ccc(NC(=O)C(=O)Nc2ncc(S(C)(=O)=O)s2)c(OCC(C)C)c1. The molecule has 0 aliphatic rings. The van der Waals surface area contributed by atoms with Crippen LogP contribution in [0.5, 0.6) is 11.5 Å². The highest BCUT2D eigenvalue weighted by molar-refractivity contribution is 8.00. The third-order valence-corrected chi connectivity index (χ3v) is 11.0. The Labute approximate surface area is 315 Å². The number of amides is 4. The molecule has 0 saturated heterocycles. The predicted molar refractivity (Wildman–Crippen MR) is 207 cm³/mol. The molecule has 2 heterocycles. The number of anilines is 4. The molecule has 0 unspecified atom stereocenters. The van der Waals surface area contributed by atoms with Gasteiger partial charge in [0.25, 0.3) is 0 Å². The van der Waals surface area contributed by atoms with E-state index in [0.29, 0.717) is 53.1 Å². The summed E-state index contributed by atoms with van der Waals surface area (Å²) in [6.07, 6.45) is 5.74. The summed E-state index contributed by atoms with van der Waals surface area (Å²) in [5.41, 5.74) is 2.80. The molecular formula is C34H42N6O8S4. The molecule has 0 bridgehead atoms. The molecule has 4 N–H and O–H groups in total. The van der Waals surface area contributed by atoms with E-state index in [4.69, 9.17) is 9.47 Å².